The van der Waals surface area contributed by atoms with Crippen LogP contribution < -0.4 is 14.5 Å². The Bertz CT molecular complexity index is 1220. The average Bonchev–Trinajstić information content (AvgIpc) is 3.42. The average molecular weight is 502 g/mol. The van der Waals surface area contributed by atoms with Crippen LogP contribution in [0.5, 0.6) is 11.5 Å². The molecule has 2 aromatic heterocycles. The van der Waals surface area contributed by atoms with Gasteiger partial charge in [-0.15, -0.1) is 11.3 Å². The second-order valence-electron chi connectivity index (χ2n) is 6.03. The van der Waals surface area contributed by atoms with Gasteiger partial charge in [-0.2, -0.15) is 10.1 Å². The highest BCUT2D eigenvalue weighted by Crippen LogP contribution is 2.35. The zero-order valence-electron chi connectivity index (χ0n) is 16.0. The molecule has 0 aliphatic carbocycles. The van der Waals surface area contributed by atoms with Crippen molar-refractivity contribution in [2.24, 2.45) is 5.10 Å². The van der Waals surface area contributed by atoms with Gasteiger partial charge in [0.2, 0.25) is 5.13 Å². The number of fused-ring (bicyclic) bond motifs is 1. The molecule has 0 N–H and O–H groups in total. The Labute approximate surface area is 189 Å². The Morgan fingerprint density at radius 3 is 2.77 bits per heavy atom. The number of hydrazone groups is 1. The van der Waals surface area contributed by atoms with Gasteiger partial charge < -0.3 is 9.47 Å². The van der Waals surface area contributed by atoms with E-state index < -0.39 is 0 Å². The number of carbonyl (C=O) groups is 1. The largest absolute Gasteiger partial charge is 0.493 e. The van der Waals surface area contributed by atoms with Crippen LogP contribution in [0.2, 0.25) is 0 Å². The predicted molar refractivity (Wildman–Crippen MR) is 126 cm³/mol. The third kappa shape index (κ3) is 4.09. The predicted octanol–water partition coefficient (Wildman–Crippen LogP) is 5.82. The minimum Gasteiger partial charge on any atom is -0.493 e. The molecule has 0 bridgehead atoms. The number of carbonyl (C=O) groups excluding carboxylic acids is 1. The molecule has 30 heavy (non-hydrogen) atoms. The zero-order chi connectivity index (χ0) is 21.1. The summed E-state index contributed by atoms with van der Waals surface area (Å²) in [7, 11) is 3.04. The first-order valence-corrected chi connectivity index (χ1v) is 11.3. The van der Waals surface area contributed by atoms with E-state index in [-0.39, 0.29) is 5.91 Å². The van der Waals surface area contributed by atoms with Crippen molar-refractivity contribution in [3.63, 3.8) is 0 Å². The Balaban J connectivity index is 1.81. The number of nitrogens with zero attached hydrogens (tertiary/aromatic N) is 3. The molecule has 9 heteroatoms. The summed E-state index contributed by atoms with van der Waals surface area (Å²) in [5, 5.41) is 8.19. The number of hydrogen-bond acceptors (Lipinski definition) is 7. The monoisotopic (exact) mass is 501 g/mol. The molecule has 0 unspecified atom stereocenters. The number of hydrogen-bond donors (Lipinski definition) is 0. The molecule has 4 rings (SSSR count). The quantitative estimate of drug-likeness (QED) is 0.246. The van der Waals surface area contributed by atoms with E-state index in [0.29, 0.717) is 22.2 Å². The molecular weight excluding hydrogens is 486 g/mol. The van der Waals surface area contributed by atoms with E-state index in [1.807, 2.05) is 35.7 Å². The van der Waals surface area contributed by atoms with Gasteiger partial charge in [0.1, 0.15) is 0 Å². The first kappa shape index (κ1) is 20.5. The number of benzene rings is 2. The van der Waals surface area contributed by atoms with Crippen LogP contribution in [0.4, 0.5) is 5.13 Å². The van der Waals surface area contributed by atoms with Crippen LogP contribution in [-0.4, -0.2) is 31.3 Å². The summed E-state index contributed by atoms with van der Waals surface area (Å²) in [6.45, 7) is 0. The third-order valence-electron chi connectivity index (χ3n) is 4.19. The summed E-state index contributed by atoms with van der Waals surface area (Å²) in [4.78, 5) is 19.1. The lowest BCUT2D eigenvalue weighted by Gasteiger charge is -2.17. The summed E-state index contributed by atoms with van der Waals surface area (Å²) in [5.74, 6) is 0.459. The second-order valence-corrected chi connectivity index (χ2v) is 8.93. The van der Waals surface area contributed by atoms with Crippen LogP contribution in [0.3, 0.4) is 0 Å². The third-order valence-corrected chi connectivity index (χ3v) is 6.48. The van der Waals surface area contributed by atoms with Gasteiger partial charge in [-0.3, -0.25) is 4.79 Å². The Morgan fingerprint density at radius 2 is 2.03 bits per heavy atom. The maximum Gasteiger partial charge on any atom is 0.284 e. The number of methoxy groups -OCH3 is 2. The highest BCUT2D eigenvalue weighted by Gasteiger charge is 2.25. The highest BCUT2D eigenvalue weighted by atomic mass is 79.9. The van der Waals surface area contributed by atoms with Gasteiger partial charge >= 0.3 is 0 Å². The minimum absolute atomic E-state index is 0.334. The molecule has 1 amide bonds. The zero-order valence-corrected chi connectivity index (χ0v) is 19.3. The van der Waals surface area contributed by atoms with Gasteiger partial charge in [0.15, 0.2) is 11.5 Å². The molecule has 0 atom stereocenters. The Kier molecular flexibility index (Phi) is 6.12. The molecular formula is C21H16BrN3O3S2. The summed E-state index contributed by atoms with van der Waals surface area (Å²) >= 11 is 6.39. The second kappa shape index (κ2) is 8.95. The van der Waals surface area contributed by atoms with Gasteiger partial charge in [0.25, 0.3) is 5.91 Å². The molecule has 6 nitrogen and oxygen atoms in total. The maximum atomic E-state index is 13.5. The number of para-hydroxylation sites is 1. The number of thiazole rings is 1. The molecule has 2 aromatic carbocycles. The van der Waals surface area contributed by atoms with E-state index in [4.69, 9.17) is 9.47 Å². The summed E-state index contributed by atoms with van der Waals surface area (Å²) < 4.78 is 12.7. The number of aromatic nitrogens is 1. The van der Waals surface area contributed by atoms with Crippen LogP contribution >= 0.6 is 38.6 Å². The van der Waals surface area contributed by atoms with E-state index in [9.17, 15) is 4.79 Å². The van der Waals surface area contributed by atoms with Gasteiger partial charge in [-0.05, 0) is 41.8 Å². The van der Waals surface area contributed by atoms with Crippen molar-refractivity contribution >= 4 is 66.1 Å². The van der Waals surface area contributed by atoms with Gasteiger partial charge in [-0.1, -0.05) is 39.4 Å². The van der Waals surface area contributed by atoms with Crippen molar-refractivity contribution in [1.82, 2.24) is 4.98 Å². The van der Waals surface area contributed by atoms with E-state index in [0.717, 1.165) is 19.6 Å². The number of amides is 1. The van der Waals surface area contributed by atoms with E-state index in [2.05, 4.69) is 26.0 Å². The molecule has 2 heterocycles. The lowest BCUT2D eigenvalue weighted by molar-refractivity contribution is 0.0984. The van der Waals surface area contributed by atoms with Crippen molar-refractivity contribution in [3.8, 4) is 11.5 Å². The van der Waals surface area contributed by atoms with E-state index >= 15 is 0 Å². The minimum atomic E-state index is -0.364. The molecule has 0 spiro atoms. The maximum absolute atomic E-state index is 13.5. The number of rotatable bonds is 6. The van der Waals surface area contributed by atoms with Crippen molar-refractivity contribution in [3.05, 3.63) is 68.8 Å². The molecule has 0 saturated heterocycles. The van der Waals surface area contributed by atoms with Gasteiger partial charge in [-0.25, -0.2) is 4.98 Å². The van der Waals surface area contributed by atoms with Gasteiger partial charge in [0.05, 0.1) is 36.2 Å². The van der Waals surface area contributed by atoms with Crippen molar-refractivity contribution < 1.29 is 14.3 Å². The smallest absolute Gasteiger partial charge is 0.284 e. The van der Waals surface area contributed by atoms with Crippen LogP contribution in [0.1, 0.15) is 15.2 Å². The first-order chi connectivity index (χ1) is 14.6. The molecule has 0 aliphatic heterocycles. The summed E-state index contributed by atoms with van der Waals surface area (Å²) in [6, 6.07) is 14.8. The number of anilines is 1. The molecule has 4 aromatic rings. The Hall–Kier alpha value is -2.75. The summed E-state index contributed by atoms with van der Waals surface area (Å²) in [6.07, 6.45) is 1.65. The number of ether oxygens (including phenoxy) is 2. The summed E-state index contributed by atoms with van der Waals surface area (Å²) in [5.41, 5.74) is 1.13. The van der Waals surface area contributed by atoms with Gasteiger partial charge in [0, 0.05) is 9.35 Å². The van der Waals surface area contributed by atoms with Crippen LogP contribution in [0.25, 0.3) is 10.2 Å². The Morgan fingerprint density at radius 1 is 1.17 bits per heavy atom. The normalized spacial score (nSPS) is 11.2. The number of thiophene rings is 1. The molecule has 152 valence electrons. The van der Waals surface area contributed by atoms with Crippen LogP contribution in [-0.2, 0) is 0 Å². The molecule has 0 aliphatic rings. The fraction of sp³-hybridized carbons (Fsp3) is 0.0952. The fourth-order valence-corrected chi connectivity index (χ4v) is 4.87. The van der Waals surface area contributed by atoms with Crippen LogP contribution in [0.15, 0.2) is 63.5 Å². The molecule has 0 fully saturated rings. The highest BCUT2D eigenvalue weighted by molar-refractivity contribution is 9.10. The fourth-order valence-electron chi connectivity index (χ4n) is 2.81. The lowest BCUT2D eigenvalue weighted by Crippen LogP contribution is -2.26. The van der Waals surface area contributed by atoms with Crippen molar-refractivity contribution in [2.75, 3.05) is 19.2 Å². The standard InChI is InChI=1S/C21H16BrN3O3S2/c1-27-17-7-3-6-15(19(17)28-2)20(26)25(23-12-14-5-4-10-29-14)21-24-16-9-8-13(22)11-18(16)30-21/h3-12H,1-2H3/b23-12+. The first-order valence-electron chi connectivity index (χ1n) is 8.79. The topological polar surface area (TPSA) is 64.0 Å². The molecule has 0 saturated carbocycles. The lowest BCUT2D eigenvalue weighted by atomic mass is 10.1. The van der Waals surface area contributed by atoms with Crippen LogP contribution in [0, 0.1) is 0 Å². The molecule has 0 radical (unpaired) electrons. The van der Waals surface area contributed by atoms with Crippen molar-refractivity contribution in [1.29, 1.82) is 0 Å². The van der Waals surface area contributed by atoms with Crippen molar-refractivity contribution in [2.45, 2.75) is 0 Å². The van der Waals surface area contributed by atoms with E-state index in [1.165, 1.54) is 41.9 Å². The SMILES string of the molecule is COc1cccc(C(=O)N(/N=C/c2cccs2)c2nc3ccc(Br)cc3s2)c1OC. The number of halogens is 1. The van der Waals surface area contributed by atoms with E-state index in [1.54, 1.807) is 24.4 Å².